The summed E-state index contributed by atoms with van der Waals surface area (Å²) in [6.45, 7) is 6.62. The molecule has 0 aliphatic heterocycles. The normalized spacial score (nSPS) is 11.1. The monoisotopic (exact) mass is 206 g/mol. The van der Waals surface area contributed by atoms with Crippen molar-refractivity contribution in [2.24, 2.45) is 0 Å². The van der Waals surface area contributed by atoms with E-state index in [9.17, 15) is 4.79 Å². The van der Waals surface area contributed by atoms with Gasteiger partial charge in [0, 0.05) is 30.3 Å². The third-order valence-electron chi connectivity index (χ3n) is 2.41. The van der Waals surface area contributed by atoms with E-state index >= 15 is 0 Å². The summed E-state index contributed by atoms with van der Waals surface area (Å²) in [5, 5.41) is 2.89. The first-order valence-electron chi connectivity index (χ1n) is 5.24. The van der Waals surface area contributed by atoms with Gasteiger partial charge in [-0.3, -0.25) is 9.78 Å². The van der Waals surface area contributed by atoms with E-state index in [1.54, 1.807) is 6.20 Å². The molecule has 0 unspecified atom stereocenters. The standard InChI is InChI=1S/C12H18N2O/c1-4-11(15)14-9-12(2,3)10-7-5-6-8-13-10/h5-8H,4,9H2,1-3H3,(H,14,15). The third-order valence-corrected chi connectivity index (χ3v) is 2.41. The summed E-state index contributed by atoms with van der Waals surface area (Å²) in [5.41, 5.74) is 0.882. The van der Waals surface area contributed by atoms with Crippen molar-refractivity contribution in [3.63, 3.8) is 0 Å². The molecular weight excluding hydrogens is 188 g/mol. The Morgan fingerprint density at radius 2 is 2.20 bits per heavy atom. The lowest BCUT2D eigenvalue weighted by molar-refractivity contribution is -0.121. The molecule has 1 amide bonds. The number of pyridine rings is 1. The summed E-state index contributed by atoms with van der Waals surface area (Å²) < 4.78 is 0. The van der Waals surface area contributed by atoms with E-state index in [1.165, 1.54) is 0 Å². The number of rotatable bonds is 4. The number of hydrogen-bond donors (Lipinski definition) is 1. The second kappa shape index (κ2) is 4.91. The van der Waals surface area contributed by atoms with E-state index in [-0.39, 0.29) is 11.3 Å². The zero-order valence-corrected chi connectivity index (χ0v) is 9.58. The van der Waals surface area contributed by atoms with Gasteiger partial charge in [-0.05, 0) is 12.1 Å². The van der Waals surface area contributed by atoms with Crippen LogP contribution in [0.15, 0.2) is 24.4 Å². The van der Waals surface area contributed by atoms with Crippen LogP contribution >= 0.6 is 0 Å². The molecule has 15 heavy (non-hydrogen) atoms. The van der Waals surface area contributed by atoms with E-state index in [2.05, 4.69) is 24.1 Å². The SMILES string of the molecule is CCC(=O)NCC(C)(C)c1ccccn1. The molecule has 82 valence electrons. The predicted molar refractivity (Wildman–Crippen MR) is 60.6 cm³/mol. The van der Waals surface area contributed by atoms with E-state index in [0.29, 0.717) is 13.0 Å². The molecule has 0 aliphatic carbocycles. The summed E-state index contributed by atoms with van der Waals surface area (Å²) in [7, 11) is 0. The Hall–Kier alpha value is -1.38. The number of hydrogen-bond acceptors (Lipinski definition) is 2. The van der Waals surface area contributed by atoms with Gasteiger partial charge >= 0.3 is 0 Å². The van der Waals surface area contributed by atoms with Gasteiger partial charge in [-0.1, -0.05) is 26.8 Å². The van der Waals surface area contributed by atoms with Gasteiger partial charge in [0.2, 0.25) is 5.91 Å². The topological polar surface area (TPSA) is 42.0 Å². The van der Waals surface area contributed by atoms with Crippen LogP contribution in [0.25, 0.3) is 0 Å². The molecule has 0 radical (unpaired) electrons. The fourth-order valence-electron chi connectivity index (χ4n) is 1.30. The maximum absolute atomic E-state index is 11.2. The van der Waals surface area contributed by atoms with Gasteiger partial charge in [0.1, 0.15) is 0 Å². The zero-order valence-electron chi connectivity index (χ0n) is 9.58. The van der Waals surface area contributed by atoms with Gasteiger partial charge < -0.3 is 5.32 Å². The van der Waals surface area contributed by atoms with Gasteiger partial charge in [0.25, 0.3) is 0 Å². The number of nitrogens with zero attached hydrogens (tertiary/aromatic N) is 1. The van der Waals surface area contributed by atoms with E-state index < -0.39 is 0 Å². The minimum atomic E-state index is -0.119. The molecule has 0 aliphatic rings. The van der Waals surface area contributed by atoms with Crippen LogP contribution in [0.2, 0.25) is 0 Å². The summed E-state index contributed by atoms with van der Waals surface area (Å²) in [4.78, 5) is 15.5. The van der Waals surface area contributed by atoms with E-state index in [4.69, 9.17) is 0 Å². The highest BCUT2D eigenvalue weighted by atomic mass is 16.1. The summed E-state index contributed by atoms with van der Waals surface area (Å²) in [5.74, 6) is 0.0824. The molecule has 0 saturated carbocycles. The van der Waals surface area contributed by atoms with Crippen molar-refractivity contribution >= 4 is 5.91 Å². The molecule has 0 bridgehead atoms. The fraction of sp³-hybridized carbons (Fsp3) is 0.500. The summed E-state index contributed by atoms with van der Waals surface area (Å²) >= 11 is 0. The maximum atomic E-state index is 11.2. The molecule has 0 saturated heterocycles. The largest absolute Gasteiger partial charge is 0.355 e. The van der Waals surface area contributed by atoms with Crippen LogP contribution in [0.5, 0.6) is 0 Å². The second-order valence-electron chi connectivity index (χ2n) is 4.23. The highest BCUT2D eigenvalue weighted by Crippen LogP contribution is 2.19. The summed E-state index contributed by atoms with van der Waals surface area (Å²) in [6, 6.07) is 5.84. The van der Waals surface area contributed by atoms with Crippen LogP contribution in [0.4, 0.5) is 0 Å². The van der Waals surface area contributed by atoms with E-state index in [0.717, 1.165) is 5.69 Å². The lowest BCUT2D eigenvalue weighted by Crippen LogP contribution is -2.36. The molecule has 1 rings (SSSR count). The van der Waals surface area contributed by atoms with Crippen molar-refractivity contribution in [3.05, 3.63) is 30.1 Å². The zero-order chi connectivity index (χ0) is 11.3. The second-order valence-corrected chi connectivity index (χ2v) is 4.23. The first-order chi connectivity index (χ1) is 7.06. The van der Waals surface area contributed by atoms with Crippen LogP contribution in [0.1, 0.15) is 32.9 Å². The Morgan fingerprint density at radius 1 is 1.47 bits per heavy atom. The van der Waals surface area contributed by atoms with E-state index in [1.807, 2.05) is 25.1 Å². The van der Waals surface area contributed by atoms with Crippen LogP contribution < -0.4 is 5.32 Å². The predicted octanol–water partition coefficient (Wildman–Crippen LogP) is 1.89. The molecule has 0 atom stereocenters. The van der Waals surface area contributed by atoms with Gasteiger partial charge in [0.15, 0.2) is 0 Å². The molecule has 1 aromatic rings. The van der Waals surface area contributed by atoms with Crippen molar-refractivity contribution in [3.8, 4) is 0 Å². The molecular formula is C12H18N2O. The molecule has 1 N–H and O–H groups in total. The number of carbonyl (C=O) groups is 1. The number of amides is 1. The Kier molecular flexibility index (Phi) is 3.83. The summed E-state index contributed by atoms with van der Waals surface area (Å²) in [6.07, 6.45) is 2.30. The smallest absolute Gasteiger partial charge is 0.219 e. The van der Waals surface area contributed by atoms with Crippen molar-refractivity contribution in [1.29, 1.82) is 0 Å². The van der Waals surface area contributed by atoms with Crippen molar-refractivity contribution in [2.75, 3.05) is 6.54 Å². The Balaban J connectivity index is 2.63. The highest BCUT2D eigenvalue weighted by Gasteiger charge is 2.22. The molecule has 0 fully saturated rings. The van der Waals surface area contributed by atoms with Crippen molar-refractivity contribution in [2.45, 2.75) is 32.6 Å². The minimum absolute atomic E-state index is 0.0824. The van der Waals surface area contributed by atoms with Crippen LogP contribution in [-0.4, -0.2) is 17.4 Å². The molecule has 3 nitrogen and oxygen atoms in total. The van der Waals surface area contributed by atoms with Crippen molar-refractivity contribution in [1.82, 2.24) is 10.3 Å². The van der Waals surface area contributed by atoms with Crippen LogP contribution in [0, 0.1) is 0 Å². The molecule has 0 aromatic carbocycles. The lowest BCUT2D eigenvalue weighted by atomic mass is 9.88. The molecule has 1 heterocycles. The van der Waals surface area contributed by atoms with Crippen LogP contribution in [-0.2, 0) is 10.2 Å². The van der Waals surface area contributed by atoms with Gasteiger partial charge in [-0.25, -0.2) is 0 Å². The molecule has 3 heteroatoms. The first kappa shape index (κ1) is 11.7. The molecule has 0 spiro atoms. The van der Waals surface area contributed by atoms with Gasteiger partial charge in [-0.2, -0.15) is 0 Å². The molecule has 1 aromatic heterocycles. The Morgan fingerprint density at radius 3 is 2.73 bits per heavy atom. The number of aromatic nitrogens is 1. The highest BCUT2D eigenvalue weighted by molar-refractivity contribution is 5.75. The van der Waals surface area contributed by atoms with Gasteiger partial charge in [0.05, 0.1) is 0 Å². The number of carbonyl (C=O) groups excluding carboxylic acids is 1. The quantitative estimate of drug-likeness (QED) is 0.817. The minimum Gasteiger partial charge on any atom is -0.355 e. The third kappa shape index (κ3) is 3.35. The Labute approximate surface area is 90.9 Å². The lowest BCUT2D eigenvalue weighted by Gasteiger charge is -2.24. The van der Waals surface area contributed by atoms with Gasteiger partial charge in [-0.15, -0.1) is 0 Å². The van der Waals surface area contributed by atoms with Crippen molar-refractivity contribution < 1.29 is 4.79 Å². The number of nitrogens with one attached hydrogen (secondary N) is 1. The Bertz CT molecular complexity index is 320. The average Bonchev–Trinajstić information content (AvgIpc) is 2.27. The first-order valence-corrected chi connectivity index (χ1v) is 5.24. The average molecular weight is 206 g/mol. The van der Waals surface area contributed by atoms with Crippen LogP contribution in [0.3, 0.4) is 0 Å². The fourth-order valence-corrected chi connectivity index (χ4v) is 1.30. The maximum Gasteiger partial charge on any atom is 0.219 e.